The molecular formula is C22H32ClN5O4. The first-order chi connectivity index (χ1) is 15.3. The molecule has 10 heteroatoms. The van der Waals surface area contributed by atoms with Crippen LogP contribution >= 0.6 is 11.6 Å². The van der Waals surface area contributed by atoms with Crippen molar-refractivity contribution >= 4 is 23.5 Å². The van der Waals surface area contributed by atoms with Gasteiger partial charge in [0.15, 0.2) is 0 Å². The molecule has 0 radical (unpaired) electrons. The molecule has 1 heterocycles. The maximum atomic E-state index is 11.9. The van der Waals surface area contributed by atoms with Gasteiger partial charge >= 0.3 is 0 Å². The minimum atomic E-state index is -0.171. The second-order valence-corrected chi connectivity index (χ2v) is 7.90. The third-order valence-electron chi connectivity index (χ3n) is 4.66. The van der Waals surface area contributed by atoms with Crippen LogP contribution in [-0.2, 0) is 27.4 Å². The van der Waals surface area contributed by atoms with Gasteiger partial charge in [0.1, 0.15) is 18.4 Å². The number of hydrogen-bond acceptors (Lipinski definition) is 8. The first-order valence-corrected chi connectivity index (χ1v) is 10.8. The SMILES string of the molecule is CC(C)N(C)CCOCCOCC(=O)NCc1ccc(COc2cc(Cl)nc(N)n2)cc1. The van der Waals surface area contributed by atoms with Crippen LogP contribution < -0.4 is 15.8 Å². The molecule has 0 aliphatic rings. The third kappa shape index (κ3) is 10.2. The van der Waals surface area contributed by atoms with Gasteiger partial charge in [-0.1, -0.05) is 35.9 Å². The van der Waals surface area contributed by atoms with E-state index in [0.29, 0.717) is 44.9 Å². The molecule has 0 unspecified atom stereocenters. The van der Waals surface area contributed by atoms with Crippen LogP contribution in [0, 0.1) is 0 Å². The normalized spacial score (nSPS) is 11.2. The van der Waals surface area contributed by atoms with Crippen LogP contribution in [0.1, 0.15) is 25.0 Å². The lowest BCUT2D eigenvalue weighted by Crippen LogP contribution is -2.30. The van der Waals surface area contributed by atoms with Gasteiger partial charge in [-0.3, -0.25) is 4.79 Å². The number of anilines is 1. The largest absolute Gasteiger partial charge is 0.473 e. The van der Waals surface area contributed by atoms with Crippen molar-refractivity contribution in [2.75, 3.05) is 45.8 Å². The summed E-state index contributed by atoms with van der Waals surface area (Å²) < 4.78 is 16.4. The van der Waals surface area contributed by atoms with E-state index >= 15 is 0 Å². The summed E-state index contributed by atoms with van der Waals surface area (Å²) in [6.45, 7) is 7.38. The van der Waals surface area contributed by atoms with Crippen molar-refractivity contribution in [3.05, 3.63) is 46.6 Å². The molecule has 0 aliphatic heterocycles. The van der Waals surface area contributed by atoms with Gasteiger partial charge < -0.3 is 30.2 Å². The number of ether oxygens (including phenoxy) is 3. The molecule has 0 atom stereocenters. The van der Waals surface area contributed by atoms with Gasteiger partial charge in [0, 0.05) is 25.2 Å². The molecule has 0 aliphatic carbocycles. The number of aromatic nitrogens is 2. The summed E-state index contributed by atoms with van der Waals surface area (Å²) in [5.41, 5.74) is 7.45. The van der Waals surface area contributed by atoms with Crippen LogP contribution in [-0.4, -0.2) is 66.8 Å². The predicted octanol–water partition coefficient (Wildman–Crippen LogP) is 2.28. The average Bonchev–Trinajstić information content (AvgIpc) is 2.75. The molecule has 0 saturated carbocycles. The quantitative estimate of drug-likeness (QED) is 0.323. The lowest BCUT2D eigenvalue weighted by atomic mass is 10.1. The Hall–Kier alpha value is -2.46. The standard InChI is InChI=1S/C22H32ClN5O4/c1-16(2)28(3)8-9-30-10-11-31-15-20(29)25-13-17-4-6-18(7-5-17)14-32-21-12-19(23)26-22(24)27-21/h4-7,12,16H,8-11,13-15H2,1-3H3,(H,25,29)(H2,24,26,27). The Morgan fingerprint density at radius 2 is 1.81 bits per heavy atom. The van der Waals surface area contributed by atoms with E-state index in [2.05, 4.69) is 41.1 Å². The molecule has 1 aromatic carbocycles. The zero-order valence-electron chi connectivity index (χ0n) is 18.8. The topological polar surface area (TPSA) is 112 Å². The van der Waals surface area contributed by atoms with Crippen molar-refractivity contribution in [2.45, 2.75) is 33.0 Å². The number of carbonyl (C=O) groups excluding carboxylic acids is 1. The van der Waals surface area contributed by atoms with Gasteiger partial charge in [0.2, 0.25) is 17.7 Å². The number of amides is 1. The Kier molecular flexibility index (Phi) is 11.2. The summed E-state index contributed by atoms with van der Waals surface area (Å²) in [4.78, 5) is 21.9. The number of nitrogen functional groups attached to an aromatic ring is 1. The predicted molar refractivity (Wildman–Crippen MR) is 123 cm³/mol. The summed E-state index contributed by atoms with van der Waals surface area (Å²) in [5, 5.41) is 3.06. The van der Waals surface area contributed by atoms with E-state index < -0.39 is 0 Å². The molecule has 3 N–H and O–H groups in total. The molecule has 0 fully saturated rings. The van der Waals surface area contributed by atoms with E-state index in [0.717, 1.165) is 17.7 Å². The number of benzene rings is 1. The number of nitrogens with one attached hydrogen (secondary N) is 1. The molecule has 32 heavy (non-hydrogen) atoms. The molecule has 2 aromatic rings. The van der Waals surface area contributed by atoms with Crippen LogP contribution in [0.2, 0.25) is 5.15 Å². The monoisotopic (exact) mass is 465 g/mol. The summed E-state index contributed by atoms with van der Waals surface area (Å²) in [7, 11) is 2.06. The van der Waals surface area contributed by atoms with E-state index in [1.807, 2.05) is 24.3 Å². The van der Waals surface area contributed by atoms with Crippen molar-refractivity contribution in [1.82, 2.24) is 20.2 Å². The van der Waals surface area contributed by atoms with Gasteiger partial charge in [-0.05, 0) is 32.0 Å². The Labute approximate surface area is 194 Å². The molecule has 176 valence electrons. The molecule has 1 aromatic heterocycles. The second-order valence-electron chi connectivity index (χ2n) is 7.51. The number of rotatable bonds is 14. The Morgan fingerprint density at radius 1 is 1.12 bits per heavy atom. The fourth-order valence-electron chi connectivity index (χ4n) is 2.50. The van der Waals surface area contributed by atoms with Crippen molar-refractivity contribution in [3.8, 4) is 5.88 Å². The van der Waals surface area contributed by atoms with Crippen LogP contribution in [0.25, 0.3) is 0 Å². The van der Waals surface area contributed by atoms with E-state index in [9.17, 15) is 4.79 Å². The number of halogens is 1. The first-order valence-electron chi connectivity index (χ1n) is 10.5. The van der Waals surface area contributed by atoms with Gasteiger partial charge in [0.05, 0.1) is 19.8 Å². The van der Waals surface area contributed by atoms with Gasteiger partial charge in [-0.25, -0.2) is 4.98 Å². The molecule has 0 bridgehead atoms. The zero-order valence-corrected chi connectivity index (χ0v) is 19.6. The van der Waals surface area contributed by atoms with Crippen molar-refractivity contribution in [2.24, 2.45) is 0 Å². The summed E-state index contributed by atoms with van der Waals surface area (Å²) in [5.74, 6) is 0.201. The average molecular weight is 466 g/mol. The minimum Gasteiger partial charge on any atom is -0.473 e. The Bertz CT molecular complexity index is 815. The Morgan fingerprint density at radius 3 is 2.50 bits per heavy atom. The second kappa shape index (κ2) is 13.8. The zero-order chi connectivity index (χ0) is 23.3. The van der Waals surface area contributed by atoms with E-state index in [4.69, 9.17) is 31.5 Å². The number of likely N-dealkylation sites (N-methyl/N-ethyl adjacent to an activating group) is 1. The van der Waals surface area contributed by atoms with Crippen LogP contribution in [0.15, 0.2) is 30.3 Å². The fraction of sp³-hybridized carbons (Fsp3) is 0.500. The van der Waals surface area contributed by atoms with Gasteiger partial charge in [0.25, 0.3) is 0 Å². The van der Waals surface area contributed by atoms with E-state index in [1.165, 1.54) is 6.07 Å². The number of nitrogens with zero attached hydrogens (tertiary/aromatic N) is 3. The molecule has 9 nitrogen and oxygen atoms in total. The highest BCUT2D eigenvalue weighted by Gasteiger charge is 2.05. The molecule has 0 spiro atoms. The maximum Gasteiger partial charge on any atom is 0.246 e. The van der Waals surface area contributed by atoms with Crippen LogP contribution in [0.5, 0.6) is 5.88 Å². The third-order valence-corrected chi connectivity index (χ3v) is 4.86. The number of carbonyl (C=O) groups is 1. The van der Waals surface area contributed by atoms with Gasteiger partial charge in [-0.15, -0.1) is 0 Å². The van der Waals surface area contributed by atoms with Crippen molar-refractivity contribution < 1.29 is 19.0 Å². The van der Waals surface area contributed by atoms with Crippen molar-refractivity contribution in [1.29, 1.82) is 0 Å². The molecule has 0 saturated heterocycles. The molecule has 1 amide bonds. The molecular weight excluding hydrogens is 434 g/mol. The van der Waals surface area contributed by atoms with E-state index in [1.54, 1.807) is 0 Å². The first kappa shape index (κ1) is 25.8. The van der Waals surface area contributed by atoms with Gasteiger partial charge in [-0.2, -0.15) is 4.98 Å². The lowest BCUT2D eigenvalue weighted by Gasteiger charge is -2.20. The summed E-state index contributed by atoms with van der Waals surface area (Å²) in [6.07, 6.45) is 0. The van der Waals surface area contributed by atoms with Crippen LogP contribution in [0.3, 0.4) is 0 Å². The number of hydrogen-bond donors (Lipinski definition) is 2. The smallest absolute Gasteiger partial charge is 0.246 e. The lowest BCUT2D eigenvalue weighted by molar-refractivity contribution is -0.126. The number of nitrogens with two attached hydrogens (primary N) is 1. The summed E-state index contributed by atoms with van der Waals surface area (Å²) >= 11 is 5.83. The fourth-order valence-corrected chi connectivity index (χ4v) is 2.68. The molecule has 2 rings (SSSR count). The Balaban J connectivity index is 1.58. The van der Waals surface area contributed by atoms with Crippen LogP contribution in [0.4, 0.5) is 5.95 Å². The highest BCUT2D eigenvalue weighted by atomic mass is 35.5. The van der Waals surface area contributed by atoms with Crippen molar-refractivity contribution in [3.63, 3.8) is 0 Å². The van der Waals surface area contributed by atoms with E-state index in [-0.39, 0.29) is 23.6 Å². The highest BCUT2D eigenvalue weighted by Crippen LogP contribution is 2.16. The maximum absolute atomic E-state index is 11.9. The minimum absolute atomic E-state index is 0.00576. The summed E-state index contributed by atoms with van der Waals surface area (Å²) in [6, 6.07) is 9.66. The highest BCUT2D eigenvalue weighted by molar-refractivity contribution is 6.29.